The van der Waals surface area contributed by atoms with Gasteiger partial charge in [-0.2, -0.15) is 0 Å². The van der Waals surface area contributed by atoms with E-state index >= 15 is 0 Å². The van der Waals surface area contributed by atoms with Crippen molar-refractivity contribution < 1.29 is 14.4 Å². The van der Waals surface area contributed by atoms with Gasteiger partial charge in [0.2, 0.25) is 0 Å². The van der Waals surface area contributed by atoms with Crippen LogP contribution in [0.1, 0.15) is 24.6 Å². The van der Waals surface area contributed by atoms with Crippen LogP contribution in [0, 0.1) is 0 Å². The summed E-state index contributed by atoms with van der Waals surface area (Å²) in [6.07, 6.45) is 4.31. The number of hydrogen-bond donors (Lipinski definition) is 2. The zero-order valence-electron chi connectivity index (χ0n) is 14.0. The van der Waals surface area contributed by atoms with Crippen LogP contribution in [0.25, 0.3) is 0 Å². The maximum atomic E-state index is 12.5. The molecule has 1 aliphatic heterocycles. The number of methoxy groups -OCH3 is 1. The highest BCUT2D eigenvalue weighted by atomic mass is 35.5. The van der Waals surface area contributed by atoms with E-state index in [0.717, 1.165) is 19.4 Å². The van der Waals surface area contributed by atoms with E-state index in [0.29, 0.717) is 29.0 Å². The summed E-state index contributed by atoms with van der Waals surface area (Å²) in [5, 5.41) is 3.50. The van der Waals surface area contributed by atoms with Gasteiger partial charge in [0.15, 0.2) is 6.54 Å². The number of amides is 1. The summed E-state index contributed by atoms with van der Waals surface area (Å²) in [7, 11) is 3.64. The third-order valence-electron chi connectivity index (χ3n) is 4.65. The van der Waals surface area contributed by atoms with Crippen molar-refractivity contribution >= 4 is 23.2 Å². The molecule has 0 spiro atoms. The fourth-order valence-electron chi connectivity index (χ4n) is 3.50. The molecule has 1 aliphatic rings. The Bertz CT molecular complexity index is 729. The number of ether oxygens (including phenoxy) is 1. The monoisotopic (exact) mass is 348 g/mol. The number of aryl methyl sites for hydroxylation is 1. The smallest absolute Gasteiger partial charge is 0.279 e. The third-order valence-corrected chi connectivity index (χ3v) is 4.88. The van der Waals surface area contributed by atoms with Gasteiger partial charge in [-0.1, -0.05) is 11.6 Å². The number of hydrogen-bond acceptors (Lipinski definition) is 2. The lowest BCUT2D eigenvalue weighted by Gasteiger charge is -2.22. The van der Waals surface area contributed by atoms with E-state index in [1.807, 2.05) is 0 Å². The van der Waals surface area contributed by atoms with Crippen LogP contribution < -0.4 is 15.0 Å². The summed E-state index contributed by atoms with van der Waals surface area (Å²) in [5.74, 6) is 0.592. The average Bonchev–Trinajstić information content (AvgIpc) is 3.16. The summed E-state index contributed by atoms with van der Waals surface area (Å²) in [6.45, 7) is 1.45. The summed E-state index contributed by atoms with van der Waals surface area (Å²) in [5.41, 5.74) is 1.90. The van der Waals surface area contributed by atoms with Crippen molar-refractivity contribution in [3.63, 3.8) is 0 Å². The molecule has 2 aromatic rings. The second kappa shape index (κ2) is 7.28. The van der Waals surface area contributed by atoms with Crippen molar-refractivity contribution in [1.82, 2.24) is 4.57 Å². The van der Waals surface area contributed by atoms with E-state index in [1.54, 1.807) is 25.3 Å². The molecule has 0 bridgehead atoms. The van der Waals surface area contributed by atoms with E-state index in [-0.39, 0.29) is 5.91 Å². The van der Waals surface area contributed by atoms with Crippen molar-refractivity contribution in [3.8, 4) is 5.75 Å². The number of anilines is 1. The Morgan fingerprint density at radius 2 is 2.29 bits per heavy atom. The number of rotatable bonds is 5. The maximum absolute atomic E-state index is 12.5. The SMILES string of the molecule is COc1ccc(Cl)cc1NC(=O)C[NH+]1CCC[C@@H]1c1cccn1C. The van der Waals surface area contributed by atoms with Gasteiger partial charge in [-0.15, -0.1) is 0 Å². The lowest BCUT2D eigenvalue weighted by molar-refractivity contribution is -0.910. The van der Waals surface area contributed by atoms with E-state index < -0.39 is 0 Å². The van der Waals surface area contributed by atoms with Crippen molar-refractivity contribution in [2.24, 2.45) is 7.05 Å². The quantitative estimate of drug-likeness (QED) is 0.868. The van der Waals surface area contributed by atoms with Gasteiger partial charge in [0.25, 0.3) is 5.91 Å². The summed E-state index contributed by atoms with van der Waals surface area (Å²) < 4.78 is 7.43. The molecule has 0 saturated carbocycles. The molecule has 1 unspecified atom stereocenters. The minimum absolute atomic E-state index is 0.0216. The Labute approximate surface area is 147 Å². The fourth-order valence-corrected chi connectivity index (χ4v) is 3.67. The number of halogens is 1. The van der Waals surface area contributed by atoms with Crippen LogP contribution in [0.3, 0.4) is 0 Å². The molecule has 1 amide bonds. The second-order valence-corrected chi connectivity index (χ2v) is 6.65. The van der Waals surface area contributed by atoms with Crippen LogP contribution >= 0.6 is 11.6 Å². The normalized spacial score (nSPS) is 20.1. The van der Waals surface area contributed by atoms with Crippen LogP contribution in [-0.4, -0.2) is 30.7 Å². The molecule has 6 heteroatoms. The average molecular weight is 349 g/mol. The number of carbonyl (C=O) groups is 1. The minimum Gasteiger partial charge on any atom is -0.495 e. The lowest BCUT2D eigenvalue weighted by atomic mass is 10.1. The molecule has 128 valence electrons. The summed E-state index contributed by atoms with van der Waals surface area (Å²) >= 11 is 6.02. The molecule has 2 atom stereocenters. The highest BCUT2D eigenvalue weighted by Crippen LogP contribution is 2.27. The predicted molar refractivity (Wildman–Crippen MR) is 94.7 cm³/mol. The van der Waals surface area contributed by atoms with Gasteiger partial charge >= 0.3 is 0 Å². The first-order valence-electron chi connectivity index (χ1n) is 8.17. The molecule has 3 rings (SSSR count). The number of aromatic nitrogens is 1. The largest absolute Gasteiger partial charge is 0.495 e. The van der Waals surface area contributed by atoms with E-state index in [1.165, 1.54) is 10.6 Å². The Hall–Kier alpha value is -1.98. The Morgan fingerprint density at radius 1 is 1.46 bits per heavy atom. The molecular weight excluding hydrogens is 326 g/mol. The molecule has 2 heterocycles. The number of likely N-dealkylation sites (tertiary alicyclic amines) is 1. The molecule has 2 N–H and O–H groups in total. The standard InChI is InChI=1S/C18H22ClN3O2/c1-21-9-3-5-15(21)16-6-4-10-22(16)12-18(23)20-14-11-13(19)7-8-17(14)24-2/h3,5,7-9,11,16H,4,6,10,12H2,1-2H3,(H,20,23)/p+1/t16-/m1/s1. The van der Waals surface area contributed by atoms with Crippen molar-refractivity contribution in [2.75, 3.05) is 25.5 Å². The van der Waals surface area contributed by atoms with Gasteiger partial charge in [-0.05, 0) is 30.3 Å². The molecule has 24 heavy (non-hydrogen) atoms. The minimum atomic E-state index is -0.0216. The van der Waals surface area contributed by atoms with Crippen LogP contribution in [0.4, 0.5) is 5.69 Å². The number of benzene rings is 1. The van der Waals surface area contributed by atoms with Crippen molar-refractivity contribution in [1.29, 1.82) is 0 Å². The lowest BCUT2D eigenvalue weighted by Crippen LogP contribution is -3.11. The number of nitrogens with one attached hydrogen (secondary N) is 2. The van der Waals surface area contributed by atoms with E-state index in [9.17, 15) is 4.79 Å². The fraction of sp³-hybridized carbons (Fsp3) is 0.389. The molecule has 5 nitrogen and oxygen atoms in total. The molecule has 0 radical (unpaired) electrons. The topological polar surface area (TPSA) is 47.7 Å². The van der Waals surface area contributed by atoms with Crippen LogP contribution in [0.15, 0.2) is 36.5 Å². The van der Waals surface area contributed by atoms with Gasteiger partial charge in [0, 0.05) is 31.1 Å². The molecule has 1 saturated heterocycles. The Kier molecular flexibility index (Phi) is 5.11. The zero-order chi connectivity index (χ0) is 17.1. The van der Waals surface area contributed by atoms with Gasteiger partial charge in [0.1, 0.15) is 11.8 Å². The van der Waals surface area contributed by atoms with Crippen LogP contribution in [-0.2, 0) is 11.8 Å². The zero-order valence-corrected chi connectivity index (χ0v) is 14.8. The first-order valence-corrected chi connectivity index (χ1v) is 8.55. The van der Waals surface area contributed by atoms with Gasteiger partial charge < -0.3 is 19.5 Å². The van der Waals surface area contributed by atoms with Crippen LogP contribution in [0.2, 0.25) is 5.02 Å². The van der Waals surface area contributed by atoms with Gasteiger partial charge in [-0.3, -0.25) is 4.79 Å². The highest BCUT2D eigenvalue weighted by molar-refractivity contribution is 6.31. The third kappa shape index (κ3) is 3.57. The van der Waals surface area contributed by atoms with E-state index in [2.05, 4.69) is 35.3 Å². The second-order valence-electron chi connectivity index (χ2n) is 6.22. The number of carbonyl (C=O) groups excluding carboxylic acids is 1. The van der Waals surface area contributed by atoms with Gasteiger partial charge in [-0.25, -0.2) is 0 Å². The first-order chi connectivity index (χ1) is 11.6. The maximum Gasteiger partial charge on any atom is 0.279 e. The van der Waals surface area contributed by atoms with Crippen LogP contribution in [0.5, 0.6) is 5.75 Å². The van der Waals surface area contributed by atoms with Gasteiger partial charge in [0.05, 0.1) is 25.0 Å². The highest BCUT2D eigenvalue weighted by Gasteiger charge is 2.33. The van der Waals surface area contributed by atoms with Crippen molar-refractivity contribution in [2.45, 2.75) is 18.9 Å². The molecular formula is C18H23ClN3O2+. The van der Waals surface area contributed by atoms with E-state index in [4.69, 9.17) is 16.3 Å². The predicted octanol–water partition coefficient (Wildman–Crippen LogP) is 2.05. The summed E-state index contributed by atoms with van der Waals surface area (Å²) in [6, 6.07) is 9.79. The molecule has 0 aliphatic carbocycles. The van der Waals surface area contributed by atoms with Crippen molar-refractivity contribution in [3.05, 3.63) is 47.2 Å². The molecule has 1 aromatic heterocycles. The summed E-state index contributed by atoms with van der Waals surface area (Å²) in [4.78, 5) is 13.8. The number of quaternary nitrogens is 1. The Balaban J connectivity index is 1.69. The Morgan fingerprint density at radius 3 is 3.00 bits per heavy atom. The number of nitrogens with zero attached hydrogens (tertiary/aromatic N) is 1. The molecule has 1 aromatic carbocycles. The first kappa shape index (κ1) is 16.9. The molecule has 1 fully saturated rings.